The first-order valence-corrected chi connectivity index (χ1v) is 14.6. The fourth-order valence-electron chi connectivity index (χ4n) is 4.72. The Bertz CT molecular complexity index is 1050. The number of ether oxygens (including phenoxy) is 2. The molecule has 0 radical (unpaired) electrons. The molecule has 1 fully saturated rings. The number of nitrogens with one attached hydrogen (secondary N) is 2. The summed E-state index contributed by atoms with van der Waals surface area (Å²) in [4.78, 5) is 60.7. The van der Waals surface area contributed by atoms with Crippen molar-refractivity contribution >= 4 is 23.9 Å². The van der Waals surface area contributed by atoms with Crippen molar-refractivity contribution in [1.29, 1.82) is 0 Å². The Morgan fingerprint density at radius 1 is 0.978 bits per heavy atom. The Labute approximate surface area is 259 Å². The molecule has 1 aromatic rings. The number of alkyl carbamates (subject to hydrolysis) is 1. The lowest BCUT2D eigenvalue weighted by Crippen LogP contribution is -2.54. The van der Waals surface area contributed by atoms with Gasteiger partial charge in [0.25, 0.3) is 0 Å². The number of benzene rings is 1. The van der Waals surface area contributed by atoms with Gasteiger partial charge in [0.05, 0.1) is 30.0 Å². The van der Waals surface area contributed by atoms with Crippen LogP contribution in [0.15, 0.2) is 30.3 Å². The summed E-state index contributed by atoms with van der Waals surface area (Å²) in [5.74, 6) is -2.21. The standard InChI is InChI=1S/C27H43N5O13/c1-19(45-32(40)41)44-27(37)28-15-6-5-11-21(29-22(25(34)35)14-13-20-9-3-2-4-10-20)24(33)30-16-7-12-23(30)26(36)42-17-8-18-43-31(38)39/h2-4,9-10,19,21-23,29,38-41H,5-8,11-18H2,1H3,(H,28,37)(H,34,35). The summed E-state index contributed by atoms with van der Waals surface area (Å²) >= 11 is 0. The highest BCUT2D eigenvalue weighted by atomic mass is 17.1. The third-order valence-corrected chi connectivity index (χ3v) is 6.82. The predicted octanol–water partition coefficient (Wildman–Crippen LogP) is 1.22. The van der Waals surface area contributed by atoms with Crippen LogP contribution in [0, 0.1) is 0 Å². The van der Waals surface area contributed by atoms with E-state index in [1.807, 2.05) is 30.3 Å². The lowest BCUT2D eigenvalue weighted by molar-refractivity contribution is -0.518. The number of aliphatic carboxylic acids is 1. The van der Waals surface area contributed by atoms with Crippen LogP contribution in [0.5, 0.6) is 0 Å². The number of hydrogen-bond donors (Lipinski definition) is 7. The molecule has 2 rings (SSSR count). The van der Waals surface area contributed by atoms with Crippen LogP contribution in [0.25, 0.3) is 0 Å². The fourth-order valence-corrected chi connectivity index (χ4v) is 4.72. The molecule has 1 aromatic carbocycles. The van der Waals surface area contributed by atoms with E-state index in [9.17, 15) is 24.3 Å². The molecule has 1 aliphatic heterocycles. The van der Waals surface area contributed by atoms with Gasteiger partial charge in [-0.1, -0.05) is 30.3 Å². The first-order chi connectivity index (χ1) is 21.5. The summed E-state index contributed by atoms with van der Waals surface area (Å²) in [7, 11) is 0. The van der Waals surface area contributed by atoms with E-state index in [2.05, 4.69) is 20.3 Å². The molecule has 4 atom stereocenters. The lowest BCUT2D eigenvalue weighted by Gasteiger charge is -2.30. The summed E-state index contributed by atoms with van der Waals surface area (Å²) in [6.45, 7) is 1.47. The summed E-state index contributed by atoms with van der Waals surface area (Å²) in [6.07, 6.45) is 0.553. The van der Waals surface area contributed by atoms with E-state index in [0.29, 0.717) is 32.1 Å². The van der Waals surface area contributed by atoms with Crippen molar-refractivity contribution in [1.82, 2.24) is 26.3 Å². The molecule has 0 aromatic heterocycles. The SMILES string of the molecule is CC(OC(=O)NCCCCC(NC(CCc1ccccc1)C(=O)O)C(=O)N1CCCC1C(=O)OCCCON(O)O)ON(O)O. The zero-order valence-corrected chi connectivity index (χ0v) is 25.0. The van der Waals surface area contributed by atoms with Gasteiger partial charge in [-0.15, -0.1) is 0 Å². The molecule has 0 aliphatic carbocycles. The van der Waals surface area contributed by atoms with Crippen molar-refractivity contribution in [2.75, 3.05) is 26.3 Å². The van der Waals surface area contributed by atoms with Gasteiger partial charge in [0.15, 0.2) is 0 Å². The fraction of sp³-hybridized carbons (Fsp3) is 0.630. The quantitative estimate of drug-likeness (QED) is 0.0430. The molecule has 18 heteroatoms. The Kier molecular flexibility index (Phi) is 17.2. The zero-order chi connectivity index (χ0) is 33.2. The Balaban J connectivity index is 2.01. The first-order valence-electron chi connectivity index (χ1n) is 14.6. The van der Waals surface area contributed by atoms with E-state index >= 15 is 0 Å². The molecule has 4 unspecified atom stereocenters. The number of amides is 2. The molecule has 1 saturated heterocycles. The van der Waals surface area contributed by atoms with Gasteiger partial charge in [-0.25, -0.2) is 14.4 Å². The summed E-state index contributed by atoms with van der Waals surface area (Å²) in [5.41, 5.74) is 0.940. The largest absolute Gasteiger partial charge is 0.480 e. The molecule has 0 saturated carbocycles. The van der Waals surface area contributed by atoms with Crippen LogP contribution in [-0.2, 0) is 40.0 Å². The third kappa shape index (κ3) is 14.9. The number of aryl methyl sites for hydroxylation is 1. The minimum atomic E-state index is -1.28. The van der Waals surface area contributed by atoms with Crippen molar-refractivity contribution < 1.29 is 64.3 Å². The number of hydrogen-bond acceptors (Lipinski definition) is 15. The van der Waals surface area contributed by atoms with Gasteiger partial charge < -0.3 is 24.8 Å². The highest BCUT2D eigenvalue weighted by molar-refractivity contribution is 5.88. The topological polar surface area (TPSA) is 240 Å². The average Bonchev–Trinajstić information content (AvgIpc) is 3.47. The lowest BCUT2D eigenvalue weighted by atomic mass is 10.0. The third-order valence-electron chi connectivity index (χ3n) is 6.82. The van der Waals surface area contributed by atoms with Gasteiger partial charge >= 0.3 is 18.0 Å². The number of unbranched alkanes of at least 4 members (excludes halogenated alkanes) is 1. The van der Waals surface area contributed by atoms with Gasteiger partial charge in [-0.3, -0.25) is 40.6 Å². The van der Waals surface area contributed by atoms with Crippen LogP contribution in [0.3, 0.4) is 0 Å². The van der Waals surface area contributed by atoms with Crippen LogP contribution in [0.4, 0.5) is 4.79 Å². The molecule has 45 heavy (non-hydrogen) atoms. The molecule has 254 valence electrons. The monoisotopic (exact) mass is 645 g/mol. The average molecular weight is 646 g/mol. The second-order valence-electron chi connectivity index (χ2n) is 10.2. The molecule has 1 aliphatic rings. The summed E-state index contributed by atoms with van der Waals surface area (Å²) < 4.78 is 10.0. The highest BCUT2D eigenvalue weighted by Crippen LogP contribution is 2.21. The summed E-state index contributed by atoms with van der Waals surface area (Å²) in [6, 6.07) is 6.44. The van der Waals surface area contributed by atoms with Gasteiger partial charge in [0.1, 0.15) is 12.1 Å². The summed E-state index contributed by atoms with van der Waals surface area (Å²) in [5, 5.41) is 48.7. The Morgan fingerprint density at radius 3 is 2.38 bits per heavy atom. The second kappa shape index (κ2) is 20.5. The van der Waals surface area contributed by atoms with Crippen molar-refractivity contribution in [2.45, 2.75) is 82.7 Å². The predicted molar refractivity (Wildman–Crippen MR) is 149 cm³/mol. The van der Waals surface area contributed by atoms with E-state index in [1.54, 1.807) is 0 Å². The van der Waals surface area contributed by atoms with Gasteiger partial charge in [-0.2, -0.15) is 0 Å². The normalized spacial score (nSPS) is 16.8. The smallest absolute Gasteiger partial charge is 0.409 e. The van der Waals surface area contributed by atoms with Crippen molar-refractivity contribution in [3.8, 4) is 0 Å². The molecule has 1 heterocycles. The number of carbonyl (C=O) groups excluding carboxylic acids is 3. The highest BCUT2D eigenvalue weighted by Gasteiger charge is 2.39. The van der Waals surface area contributed by atoms with E-state index in [1.165, 1.54) is 11.8 Å². The maximum absolute atomic E-state index is 13.8. The van der Waals surface area contributed by atoms with E-state index in [-0.39, 0.29) is 45.6 Å². The van der Waals surface area contributed by atoms with E-state index in [4.69, 9.17) is 30.3 Å². The Hall–Kier alpha value is -3.46. The van der Waals surface area contributed by atoms with Crippen LogP contribution < -0.4 is 10.6 Å². The molecule has 0 bridgehead atoms. The number of rotatable bonds is 21. The molecule has 7 N–H and O–H groups in total. The van der Waals surface area contributed by atoms with Gasteiger partial charge in [0.2, 0.25) is 12.2 Å². The van der Waals surface area contributed by atoms with Crippen molar-refractivity contribution in [3.63, 3.8) is 0 Å². The number of likely N-dealkylation sites (tertiary alicyclic amines) is 1. The molecule has 2 amide bonds. The van der Waals surface area contributed by atoms with Crippen LogP contribution in [0.2, 0.25) is 0 Å². The molecular weight excluding hydrogens is 602 g/mol. The van der Waals surface area contributed by atoms with Crippen LogP contribution >= 0.6 is 0 Å². The van der Waals surface area contributed by atoms with E-state index < -0.39 is 59.1 Å². The van der Waals surface area contributed by atoms with Gasteiger partial charge in [-0.05, 0) is 50.5 Å². The minimum absolute atomic E-state index is 0.0773. The van der Waals surface area contributed by atoms with E-state index in [0.717, 1.165) is 5.56 Å². The maximum Gasteiger partial charge on any atom is 0.409 e. The Morgan fingerprint density at radius 2 is 1.71 bits per heavy atom. The molecule has 0 spiro atoms. The number of carboxylic acids is 1. The number of carboxylic acid groups (broad SMARTS) is 1. The number of esters is 1. The maximum atomic E-state index is 13.8. The van der Waals surface area contributed by atoms with Crippen molar-refractivity contribution in [3.05, 3.63) is 35.9 Å². The van der Waals surface area contributed by atoms with Crippen molar-refractivity contribution in [2.24, 2.45) is 0 Å². The van der Waals surface area contributed by atoms with Crippen LogP contribution in [0.1, 0.15) is 57.4 Å². The number of carbonyl (C=O) groups is 4. The first kappa shape index (κ1) is 37.7. The van der Waals surface area contributed by atoms with Gasteiger partial charge in [0, 0.05) is 26.4 Å². The molecule has 18 nitrogen and oxygen atoms in total. The number of nitrogens with zero attached hydrogens (tertiary/aromatic N) is 3. The minimum Gasteiger partial charge on any atom is -0.480 e. The molecular formula is C27H43N5O13. The van der Waals surface area contributed by atoms with Crippen LogP contribution in [-0.4, -0.2) is 116 Å². The zero-order valence-electron chi connectivity index (χ0n) is 25.0. The second-order valence-corrected chi connectivity index (χ2v) is 10.2.